The third-order valence-corrected chi connectivity index (χ3v) is 4.12. The number of carboxylic acid groups (broad SMARTS) is 1. The molecule has 0 unspecified atom stereocenters. The van der Waals surface area contributed by atoms with Crippen LogP contribution in [0.15, 0.2) is 18.2 Å². The molecule has 0 spiro atoms. The van der Waals surface area contributed by atoms with Crippen molar-refractivity contribution in [2.24, 2.45) is 0 Å². The van der Waals surface area contributed by atoms with Crippen LogP contribution in [0.2, 0.25) is 0 Å². The summed E-state index contributed by atoms with van der Waals surface area (Å²) in [5, 5.41) is 9.69. The average Bonchev–Trinajstić information content (AvgIpc) is 2.47. The Morgan fingerprint density at radius 2 is 2.00 bits per heavy atom. The monoisotopic (exact) mass is 337 g/mol. The average molecular weight is 337 g/mol. The maximum atomic E-state index is 13.5. The van der Waals surface area contributed by atoms with Gasteiger partial charge in [-0.3, -0.25) is 4.90 Å². The molecule has 1 aromatic rings. The van der Waals surface area contributed by atoms with E-state index >= 15 is 0 Å². The van der Waals surface area contributed by atoms with Gasteiger partial charge in [-0.25, -0.2) is 14.0 Å². The molecule has 1 saturated heterocycles. The first kappa shape index (κ1) is 18.2. The Bertz CT molecular complexity index is 638. The Hall–Kier alpha value is -2.11. The molecule has 0 saturated carbocycles. The first-order valence-electron chi connectivity index (χ1n) is 8.08. The van der Waals surface area contributed by atoms with Crippen molar-refractivity contribution < 1.29 is 23.8 Å². The maximum Gasteiger partial charge on any atom is 0.411 e. The fourth-order valence-corrected chi connectivity index (χ4v) is 3.07. The lowest BCUT2D eigenvalue weighted by Crippen LogP contribution is -2.53. The lowest BCUT2D eigenvalue weighted by molar-refractivity contribution is -0.145. The van der Waals surface area contributed by atoms with E-state index in [1.54, 1.807) is 39.8 Å². The number of halogens is 1. The van der Waals surface area contributed by atoms with E-state index in [-0.39, 0.29) is 11.7 Å². The van der Waals surface area contributed by atoms with Crippen molar-refractivity contribution in [1.29, 1.82) is 0 Å². The zero-order valence-corrected chi connectivity index (χ0v) is 14.5. The Morgan fingerprint density at radius 3 is 2.54 bits per heavy atom. The van der Waals surface area contributed by atoms with E-state index < -0.39 is 23.7 Å². The van der Waals surface area contributed by atoms with E-state index in [4.69, 9.17) is 4.74 Å². The fourth-order valence-electron chi connectivity index (χ4n) is 3.07. The SMILES string of the molecule is Cc1cc([C@H]2CCCN(C(=O)OC(C)(C)C)[C@H]2C(=O)O)ccc1F. The van der Waals surface area contributed by atoms with Gasteiger partial charge in [0.25, 0.3) is 0 Å². The molecule has 0 aliphatic carbocycles. The van der Waals surface area contributed by atoms with Crippen LogP contribution in [0.1, 0.15) is 50.7 Å². The molecule has 1 fully saturated rings. The van der Waals surface area contributed by atoms with E-state index in [2.05, 4.69) is 0 Å². The number of aliphatic carboxylic acids is 1. The molecule has 1 heterocycles. The Labute approximate surface area is 141 Å². The molecule has 1 amide bonds. The highest BCUT2D eigenvalue weighted by atomic mass is 19.1. The molecule has 2 rings (SSSR count). The Kier molecular flexibility index (Phi) is 5.16. The Morgan fingerprint density at radius 1 is 1.33 bits per heavy atom. The van der Waals surface area contributed by atoms with Gasteiger partial charge in [0.15, 0.2) is 0 Å². The molecule has 5 nitrogen and oxygen atoms in total. The molecule has 0 bridgehead atoms. The van der Waals surface area contributed by atoms with E-state index in [1.165, 1.54) is 11.0 Å². The van der Waals surface area contributed by atoms with Crippen molar-refractivity contribution in [2.45, 2.75) is 58.1 Å². The molecular formula is C18H24FNO4. The summed E-state index contributed by atoms with van der Waals surface area (Å²) in [4.78, 5) is 25.5. The van der Waals surface area contributed by atoms with Gasteiger partial charge in [-0.1, -0.05) is 12.1 Å². The molecule has 0 aromatic heterocycles. The molecule has 1 aliphatic heterocycles. The number of rotatable bonds is 2. The molecule has 2 atom stereocenters. The molecule has 1 N–H and O–H groups in total. The highest BCUT2D eigenvalue weighted by Gasteiger charge is 2.41. The second kappa shape index (κ2) is 6.79. The number of carbonyl (C=O) groups is 2. The first-order valence-corrected chi connectivity index (χ1v) is 8.08. The number of aryl methyl sites for hydroxylation is 1. The van der Waals surface area contributed by atoms with E-state index in [0.717, 1.165) is 5.56 Å². The predicted octanol–water partition coefficient (Wildman–Crippen LogP) is 3.70. The zero-order valence-electron chi connectivity index (χ0n) is 14.5. The quantitative estimate of drug-likeness (QED) is 0.893. The number of hydrogen-bond acceptors (Lipinski definition) is 3. The van der Waals surface area contributed by atoms with Crippen LogP contribution in [0, 0.1) is 12.7 Å². The number of nitrogens with zero attached hydrogens (tertiary/aromatic N) is 1. The normalized spacial score (nSPS) is 21.5. The van der Waals surface area contributed by atoms with Crippen molar-refractivity contribution in [3.8, 4) is 0 Å². The summed E-state index contributed by atoms with van der Waals surface area (Å²) in [6, 6.07) is 3.59. The van der Waals surface area contributed by atoms with Crippen molar-refractivity contribution in [1.82, 2.24) is 4.90 Å². The topological polar surface area (TPSA) is 66.8 Å². The van der Waals surface area contributed by atoms with Crippen LogP contribution in [0.25, 0.3) is 0 Å². The van der Waals surface area contributed by atoms with Gasteiger partial charge >= 0.3 is 12.1 Å². The van der Waals surface area contributed by atoms with E-state index in [0.29, 0.717) is 24.9 Å². The predicted molar refractivity (Wildman–Crippen MR) is 87.5 cm³/mol. The summed E-state index contributed by atoms with van der Waals surface area (Å²) in [6.07, 6.45) is 0.671. The van der Waals surface area contributed by atoms with Gasteiger partial charge in [-0.2, -0.15) is 0 Å². The van der Waals surface area contributed by atoms with Gasteiger partial charge in [0.1, 0.15) is 17.5 Å². The minimum absolute atomic E-state index is 0.328. The molecule has 1 aliphatic rings. The molecule has 0 radical (unpaired) electrons. The molecular weight excluding hydrogens is 313 g/mol. The zero-order chi connectivity index (χ0) is 18.1. The van der Waals surface area contributed by atoms with Crippen molar-refractivity contribution in [2.75, 3.05) is 6.54 Å². The number of carboxylic acids is 1. The van der Waals surface area contributed by atoms with Crippen LogP contribution in [0.3, 0.4) is 0 Å². The lowest BCUT2D eigenvalue weighted by atomic mass is 9.83. The fraction of sp³-hybridized carbons (Fsp3) is 0.556. The summed E-state index contributed by atoms with van der Waals surface area (Å²) in [5.41, 5.74) is 0.500. The molecule has 24 heavy (non-hydrogen) atoms. The van der Waals surface area contributed by atoms with Gasteiger partial charge in [0, 0.05) is 12.5 Å². The second-order valence-electron chi connectivity index (χ2n) is 7.21. The summed E-state index contributed by atoms with van der Waals surface area (Å²) in [6.45, 7) is 7.20. The van der Waals surface area contributed by atoms with E-state index in [1.807, 2.05) is 0 Å². The minimum Gasteiger partial charge on any atom is -0.480 e. The van der Waals surface area contributed by atoms with Crippen LogP contribution in [-0.4, -0.2) is 40.3 Å². The summed E-state index contributed by atoms with van der Waals surface area (Å²) >= 11 is 0. The number of carbonyl (C=O) groups excluding carboxylic acids is 1. The smallest absolute Gasteiger partial charge is 0.411 e. The highest BCUT2D eigenvalue weighted by Crippen LogP contribution is 2.34. The van der Waals surface area contributed by atoms with Gasteiger partial charge in [0.2, 0.25) is 0 Å². The van der Waals surface area contributed by atoms with Crippen molar-refractivity contribution in [3.05, 3.63) is 35.1 Å². The highest BCUT2D eigenvalue weighted by molar-refractivity contribution is 5.81. The van der Waals surface area contributed by atoms with Crippen LogP contribution >= 0.6 is 0 Å². The van der Waals surface area contributed by atoms with Crippen LogP contribution in [0.4, 0.5) is 9.18 Å². The molecule has 1 aromatic carbocycles. The molecule has 6 heteroatoms. The number of hydrogen-bond donors (Lipinski definition) is 1. The van der Waals surface area contributed by atoms with Gasteiger partial charge in [-0.15, -0.1) is 0 Å². The second-order valence-corrected chi connectivity index (χ2v) is 7.21. The van der Waals surface area contributed by atoms with Crippen LogP contribution in [0.5, 0.6) is 0 Å². The standard InChI is InChI=1S/C18H24FNO4/c1-11-10-12(7-8-14(11)19)13-6-5-9-20(15(13)16(21)22)17(23)24-18(2,3)4/h7-8,10,13,15H,5-6,9H2,1-4H3,(H,21,22)/t13-,15-/m1/s1. The first-order chi connectivity index (χ1) is 11.1. The molecule has 132 valence electrons. The number of piperidine rings is 1. The van der Waals surface area contributed by atoms with Crippen LogP contribution < -0.4 is 0 Å². The largest absolute Gasteiger partial charge is 0.480 e. The minimum atomic E-state index is -1.08. The van der Waals surface area contributed by atoms with Crippen molar-refractivity contribution in [3.63, 3.8) is 0 Å². The van der Waals surface area contributed by atoms with E-state index in [9.17, 15) is 19.1 Å². The summed E-state index contributed by atoms with van der Waals surface area (Å²) in [7, 11) is 0. The number of ether oxygens (including phenoxy) is 1. The van der Waals surface area contributed by atoms with Gasteiger partial charge in [-0.05, 0) is 57.7 Å². The lowest BCUT2D eigenvalue weighted by Gasteiger charge is -2.39. The summed E-state index contributed by atoms with van der Waals surface area (Å²) in [5.74, 6) is -1.79. The van der Waals surface area contributed by atoms with Crippen molar-refractivity contribution >= 4 is 12.1 Å². The van der Waals surface area contributed by atoms with Gasteiger partial charge < -0.3 is 9.84 Å². The Balaban J connectivity index is 2.33. The third-order valence-electron chi connectivity index (χ3n) is 4.12. The van der Waals surface area contributed by atoms with Gasteiger partial charge in [0.05, 0.1) is 0 Å². The number of likely N-dealkylation sites (tertiary alicyclic amines) is 1. The third kappa shape index (κ3) is 4.04. The summed E-state index contributed by atoms with van der Waals surface area (Å²) < 4.78 is 18.9. The van der Waals surface area contributed by atoms with Crippen LogP contribution in [-0.2, 0) is 9.53 Å². The number of amides is 1. The number of benzene rings is 1. The maximum absolute atomic E-state index is 13.5.